The summed E-state index contributed by atoms with van der Waals surface area (Å²) in [6, 6.07) is 0. The smallest absolute Gasteiger partial charge is 0.344 e. The van der Waals surface area contributed by atoms with Crippen LogP contribution in [0.25, 0.3) is 0 Å². The van der Waals surface area contributed by atoms with E-state index in [9.17, 15) is 4.79 Å². The lowest BCUT2D eigenvalue weighted by Crippen LogP contribution is -2.45. The largest absolute Gasteiger partial charge is 0.388 e. The van der Waals surface area contributed by atoms with Crippen LogP contribution in [-0.4, -0.2) is 23.9 Å². The van der Waals surface area contributed by atoms with Crippen LogP contribution in [0.3, 0.4) is 0 Å². The molecule has 4 N–H and O–H groups in total. The van der Waals surface area contributed by atoms with Crippen LogP contribution < -0.4 is 11.5 Å². The van der Waals surface area contributed by atoms with E-state index in [1.54, 1.807) is 13.8 Å². The molecule has 0 aliphatic rings. The first-order valence-corrected chi connectivity index (χ1v) is 5.09. The number of aliphatic imine (C=N–C) groups is 1. The average molecular weight is 236 g/mol. The number of carbonyl (C=O) groups excluding carboxylic acids is 1. The van der Waals surface area contributed by atoms with Crippen molar-refractivity contribution in [3.05, 3.63) is 0 Å². The second-order valence-corrected chi connectivity index (χ2v) is 3.92. The molecule has 0 bridgehead atoms. The first kappa shape index (κ1) is 14.2. The van der Waals surface area contributed by atoms with E-state index in [4.69, 9.17) is 23.3 Å². The highest BCUT2D eigenvalue weighted by molar-refractivity contribution is 6.14. The topological polar surface area (TPSA) is 90.7 Å². The molecule has 0 aromatic heterocycles. The minimum absolute atomic E-state index is 0.512. The van der Waals surface area contributed by atoms with Crippen LogP contribution in [0.1, 0.15) is 33.1 Å². The van der Waals surface area contributed by atoms with Gasteiger partial charge in [-0.2, -0.15) is 0 Å². The third kappa shape index (κ3) is 6.30. The van der Waals surface area contributed by atoms with Crippen molar-refractivity contribution in [3.8, 4) is 0 Å². The molecule has 88 valence electrons. The number of unbranched alkanes of at least 4 members (excludes halogenated alkanes) is 1. The quantitative estimate of drug-likeness (QED) is 0.407. The van der Waals surface area contributed by atoms with E-state index in [2.05, 4.69) is 9.28 Å². The summed E-state index contributed by atoms with van der Waals surface area (Å²) in [5, 5.41) is 0. The molecule has 0 aliphatic heterocycles. The molecule has 0 fully saturated rings. The number of nitrogens with zero attached hydrogens (tertiary/aromatic N) is 1. The Labute approximate surface area is 95.0 Å². The summed E-state index contributed by atoms with van der Waals surface area (Å²) in [7, 11) is 0. The lowest BCUT2D eigenvalue weighted by atomic mass is 9.96. The second-order valence-electron chi connectivity index (χ2n) is 3.76. The summed E-state index contributed by atoms with van der Waals surface area (Å²) in [6.07, 6.45) is 2.12. The van der Waals surface area contributed by atoms with Gasteiger partial charge >= 0.3 is 5.97 Å². The highest BCUT2D eigenvalue weighted by atomic mass is 35.5. The van der Waals surface area contributed by atoms with E-state index in [1.807, 2.05) is 0 Å². The maximum absolute atomic E-state index is 11.1. The van der Waals surface area contributed by atoms with Crippen molar-refractivity contribution in [2.45, 2.75) is 38.6 Å². The molecule has 0 heterocycles. The zero-order valence-corrected chi connectivity index (χ0v) is 9.88. The van der Waals surface area contributed by atoms with Gasteiger partial charge in [0.15, 0.2) is 0 Å². The van der Waals surface area contributed by atoms with Crippen molar-refractivity contribution in [2.24, 2.45) is 16.5 Å². The molecule has 5 nitrogen and oxygen atoms in total. The molecule has 0 rings (SSSR count). The Hall–Kier alpha value is -0.810. The van der Waals surface area contributed by atoms with E-state index in [1.165, 1.54) is 0 Å². The molecular weight excluding hydrogens is 218 g/mol. The normalized spacial score (nSPS) is 15.9. The number of amidine groups is 1. The predicted molar refractivity (Wildman–Crippen MR) is 60.6 cm³/mol. The molecule has 0 aliphatic carbocycles. The summed E-state index contributed by atoms with van der Waals surface area (Å²) in [4.78, 5) is 15.1. The lowest BCUT2D eigenvalue weighted by molar-refractivity contribution is -0.139. The van der Waals surface area contributed by atoms with Crippen molar-refractivity contribution in [1.29, 1.82) is 0 Å². The molecule has 0 amide bonds. The maximum atomic E-state index is 11.1. The summed E-state index contributed by atoms with van der Waals surface area (Å²) < 4.78 is 4.07. The van der Waals surface area contributed by atoms with E-state index < -0.39 is 11.5 Å². The molecule has 0 saturated carbocycles. The first-order chi connectivity index (χ1) is 6.90. The Bertz CT molecular complexity index is 238. The SMILES string of the molecule is CC(N)=NCCCC[C@@](C)(N)C(=O)OCl. The standard InChI is InChI=1S/C9H18ClN3O2/c1-7(11)13-6-4-3-5-9(2,12)8(14)15-10/h3-6,12H2,1-2H3,(H2,11,13)/t9-/m1/s1. The Balaban J connectivity index is 3.76. The third-order valence-electron chi connectivity index (χ3n) is 2.00. The van der Waals surface area contributed by atoms with Gasteiger partial charge in [0, 0.05) is 6.54 Å². The van der Waals surface area contributed by atoms with Gasteiger partial charge in [-0.1, -0.05) is 0 Å². The molecule has 0 unspecified atom stereocenters. The average Bonchev–Trinajstić information content (AvgIpc) is 2.15. The summed E-state index contributed by atoms with van der Waals surface area (Å²) in [6.45, 7) is 3.97. The van der Waals surface area contributed by atoms with Gasteiger partial charge in [-0.25, -0.2) is 4.79 Å². The Morgan fingerprint density at radius 3 is 2.60 bits per heavy atom. The van der Waals surface area contributed by atoms with E-state index >= 15 is 0 Å². The molecule has 0 aromatic rings. The van der Waals surface area contributed by atoms with E-state index in [0.29, 0.717) is 18.8 Å². The maximum Gasteiger partial charge on any atom is 0.344 e. The fourth-order valence-electron chi connectivity index (χ4n) is 1.05. The van der Waals surface area contributed by atoms with Gasteiger partial charge in [-0.05, 0) is 33.1 Å². The van der Waals surface area contributed by atoms with Crippen LogP contribution in [0.2, 0.25) is 0 Å². The molecular formula is C9H18ClN3O2. The van der Waals surface area contributed by atoms with Gasteiger partial charge in [-0.3, -0.25) is 4.99 Å². The number of carbonyl (C=O) groups is 1. The summed E-state index contributed by atoms with van der Waals surface area (Å²) >= 11 is 4.95. The van der Waals surface area contributed by atoms with Crippen LogP contribution in [0, 0.1) is 0 Å². The van der Waals surface area contributed by atoms with Crippen molar-refractivity contribution in [2.75, 3.05) is 6.54 Å². The zero-order valence-electron chi connectivity index (χ0n) is 9.12. The second kappa shape index (κ2) is 6.63. The van der Waals surface area contributed by atoms with Gasteiger partial charge in [-0.15, -0.1) is 0 Å². The number of nitrogens with two attached hydrogens (primary N) is 2. The number of rotatable bonds is 6. The van der Waals surface area contributed by atoms with Crippen LogP contribution in [0.5, 0.6) is 0 Å². The van der Waals surface area contributed by atoms with E-state index in [-0.39, 0.29) is 0 Å². The van der Waals surface area contributed by atoms with Crippen molar-refractivity contribution in [3.63, 3.8) is 0 Å². The number of hydrogen-bond acceptors (Lipinski definition) is 4. The minimum Gasteiger partial charge on any atom is -0.388 e. The molecule has 15 heavy (non-hydrogen) atoms. The molecule has 0 aromatic carbocycles. The Morgan fingerprint density at radius 1 is 1.53 bits per heavy atom. The highest BCUT2D eigenvalue weighted by Gasteiger charge is 2.29. The van der Waals surface area contributed by atoms with Crippen LogP contribution >= 0.6 is 11.9 Å². The molecule has 1 atom stereocenters. The Kier molecular flexibility index (Phi) is 6.27. The summed E-state index contributed by atoms with van der Waals surface area (Å²) in [5.41, 5.74) is 10.0. The first-order valence-electron chi connectivity index (χ1n) is 4.78. The molecule has 0 spiro atoms. The fraction of sp³-hybridized carbons (Fsp3) is 0.778. The van der Waals surface area contributed by atoms with Gasteiger partial charge in [0.25, 0.3) is 0 Å². The molecule has 0 saturated heterocycles. The third-order valence-corrected chi connectivity index (χ3v) is 2.14. The molecule has 0 radical (unpaired) electrons. The highest BCUT2D eigenvalue weighted by Crippen LogP contribution is 2.13. The molecule has 6 heteroatoms. The Morgan fingerprint density at radius 2 is 2.13 bits per heavy atom. The number of hydrogen-bond donors (Lipinski definition) is 2. The van der Waals surface area contributed by atoms with Gasteiger partial charge in [0.1, 0.15) is 17.4 Å². The van der Waals surface area contributed by atoms with E-state index in [0.717, 1.165) is 12.8 Å². The van der Waals surface area contributed by atoms with Crippen LogP contribution in [0.4, 0.5) is 0 Å². The minimum atomic E-state index is -1.02. The monoisotopic (exact) mass is 235 g/mol. The summed E-state index contributed by atoms with van der Waals surface area (Å²) in [5.74, 6) is -0.0478. The van der Waals surface area contributed by atoms with Crippen molar-refractivity contribution >= 4 is 23.7 Å². The zero-order chi connectivity index (χ0) is 11.9. The van der Waals surface area contributed by atoms with Gasteiger partial charge < -0.3 is 15.8 Å². The number of halogens is 1. The fourth-order valence-corrected chi connectivity index (χ4v) is 1.23. The van der Waals surface area contributed by atoms with Gasteiger partial charge in [0.05, 0.1) is 5.84 Å². The van der Waals surface area contributed by atoms with Crippen molar-refractivity contribution < 1.29 is 9.08 Å². The van der Waals surface area contributed by atoms with Crippen LogP contribution in [-0.2, 0) is 9.08 Å². The van der Waals surface area contributed by atoms with Crippen LogP contribution in [0.15, 0.2) is 4.99 Å². The predicted octanol–water partition coefficient (Wildman–Crippen LogP) is 0.948. The lowest BCUT2D eigenvalue weighted by Gasteiger charge is -2.19. The van der Waals surface area contributed by atoms with Gasteiger partial charge in [0.2, 0.25) is 0 Å². The van der Waals surface area contributed by atoms with Crippen molar-refractivity contribution in [1.82, 2.24) is 0 Å².